The average molecular weight is 476 g/mol. The number of nitrogens with zero attached hydrogens (tertiary/aromatic N) is 2. The fourth-order valence-corrected chi connectivity index (χ4v) is 5.58. The van der Waals surface area contributed by atoms with E-state index in [1.54, 1.807) is 36.4 Å². The Hall–Kier alpha value is -4.16. The Labute approximate surface area is 197 Å². The number of benzene rings is 3. The molecular formula is C25H21N3O5S. The van der Waals surface area contributed by atoms with Crippen molar-refractivity contribution in [3.8, 4) is 6.07 Å². The van der Waals surface area contributed by atoms with Crippen LogP contribution in [0.5, 0.6) is 0 Å². The van der Waals surface area contributed by atoms with Crippen LogP contribution in [0, 0.1) is 11.3 Å². The van der Waals surface area contributed by atoms with Gasteiger partial charge in [-0.25, -0.2) is 13.2 Å². The van der Waals surface area contributed by atoms with Gasteiger partial charge in [0.05, 0.1) is 27.8 Å². The van der Waals surface area contributed by atoms with Crippen LogP contribution in [-0.2, 0) is 26.0 Å². The maximum absolute atomic E-state index is 13.4. The highest BCUT2D eigenvalue weighted by Crippen LogP contribution is 2.36. The van der Waals surface area contributed by atoms with Gasteiger partial charge in [-0.2, -0.15) is 5.26 Å². The van der Waals surface area contributed by atoms with Crippen molar-refractivity contribution < 1.29 is 22.7 Å². The van der Waals surface area contributed by atoms with Crippen LogP contribution in [0.3, 0.4) is 0 Å². The molecule has 172 valence electrons. The summed E-state index contributed by atoms with van der Waals surface area (Å²) in [5, 5.41) is 11.4. The highest BCUT2D eigenvalue weighted by atomic mass is 32.2. The van der Waals surface area contributed by atoms with Gasteiger partial charge in [0.25, 0.3) is 15.9 Å². The highest BCUT2D eigenvalue weighted by Gasteiger charge is 2.36. The summed E-state index contributed by atoms with van der Waals surface area (Å²) in [5.74, 6) is -1.38. The molecule has 1 N–H and O–H groups in total. The molecule has 1 heterocycles. The zero-order valence-electron chi connectivity index (χ0n) is 18.3. The third-order valence-corrected chi connectivity index (χ3v) is 7.33. The van der Waals surface area contributed by atoms with Crippen LogP contribution in [-0.4, -0.2) is 32.9 Å². The molecule has 0 unspecified atom stereocenters. The van der Waals surface area contributed by atoms with Crippen LogP contribution in [0.2, 0.25) is 0 Å². The third kappa shape index (κ3) is 4.63. The minimum Gasteiger partial charge on any atom is -0.452 e. The topological polar surface area (TPSA) is 117 Å². The monoisotopic (exact) mass is 475 g/mol. The van der Waals surface area contributed by atoms with Gasteiger partial charge in [0.15, 0.2) is 6.61 Å². The van der Waals surface area contributed by atoms with Crippen molar-refractivity contribution in [2.45, 2.75) is 24.3 Å². The fourth-order valence-electron chi connectivity index (χ4n) is 3.84. The second kappa shape index (κ2) is 9.37. The van der Waals surface area contributed by atoms with E-state index in [2.05, 4.69) is 5.32 Å². The van der Waals surface area contributed by atoms with Crippen molar-refractivity contribution in [1.29, 1.82) is 5.26 Å². The molecule has 0 saturated carbocycles. The first-order chi connectivity index (χ1) is 16.3. The van der Waals surface area contributed by atoms with E-state index < -0.39 is 28.5 Å². The summed E-state index contributed by atoms with van der Waals surface area (Å²) in [7, 11) is -3.91. The van der Waals surface area contributed by atoms with Crippen LogP contribution >= 0.6 is 0 Å². The third-order valence-electron chi connectivity index (χ3n) is 5.40. The molecule has 3 aromatic carbocycles. The molecule has 0 aromatic heterocycles. The van der Waals surface area contributed by atoms with Crippen LogP contribution in [0.1, 0.15) is 28.4 Å². The predicted molar refractivity (Wildman–Crippen MR) is 126 cm³/mol. The molecule has 1 atom stereocenters. The van der Waals surface area contributed by atoms with Gasteiger partial charge < -0.3 is 10.1 Å². The molecule has 8 nitrogen and oxygen atoms in total. The van der Waals surface area contributed by atoms with Crippen molar-refractivity contribution in [2.75, 3.05) is 16.2 Å². The molecule has 3 aromatic rings. The van der Waals surface area contributed by atoms with Crippen molar-refractivity contribution in [2.24, 2.45) is 0 Å². The molecule has 0 saturated heterocycles. The van der Waals surface area contributed by atoms with E-state index in [4.69, 9.17) is 10.00 Å². The Balaban J connectivity index is 1.45. The van der Waals surface area contributed by atoms with E-state index in [1.807, 2.05) is 25.1 Å². The summed E-state index contributed by atoms with van der Waals surface area (Å²) in [6.45, 7) is 1.29. The zero-order chi connectivity index (χ0) is 24.3. The summed E-state index contributed by atoms with van der Waals surface area (Å²) in [5.41, 5.74) is 2.50. The summed E-state index contributed by atoms with van der Waals surface area (Å²) in [4.78, 5) is 24.6. The first-order valence-corrected chi connectivity index (χ1v) is 11.9. The van der Waals surface area contributed by atoms with Gasteiger partial charge in [-0.1, -0.05) is 24.3 Å². The second-order valence-electron chi connectivity index (χ2n) is 7.82. The molecule has 0 aliphatic carbocycles. The van der Waals surface area contributed by atoms with Gasteiger partial charge >= 0.3 is 5.97 Å². The smallest absolute Gasteiger partial charge is 0.338 e. The van der Waals surface area contributed by atoms with Gasteiger partial charge in [-0.05, 0) is 67.4 Å². The Bertz CT molecular complexity index is 1390. The number of hydrogen-bond acceptors (Lipinski definition) is 6. The number of nitrogens with one attached hydrogen (secondary N) is 1. The lowest BCUT2D eigenvalue weighted by Crippen LogP contribution is -2.35. The number of carbonyl (C=O) groups is 2. The second-order valence-corrected chi connectivity index (χ2v) is 9.64. The molecule has 0 spiro atoms. The molecule has 34 heavy (non-hydrogen) atoms. The molecule has 1 aliphatic heterocycles. The lowest BCUT2D eigenvalue weighted by atomic mass is 10.1. The maximum Gasteiger partial charge on any atom is 0.338 e. The minimum absolute atomic E-state index is 0.0207. The van der Waals surface area contributed by atoms with E-state index in [0.29, 0.717) is 23.4 Å². The van der Waals surface area contributed by atoms with Gasteiger partial charge in [-0.3, -0.25) is 9.10 Å². The van der Waals surface area contributed by atoms with E-state index in [-0.39, 0.29) is 16.5 Å². The minimum atomic E-state index is -3.91. The summed E-state index contributed by atoms with van der Waals surface area (Å²) in [6.07, 6.45) is 0.603. The molecule has 4 rings (SSSR count). The predicted octanol–water partition coefficient (Wildman–Crippen LogP) is 3.49. The van der Waals surface area contributed by atoms with Crippen molar-refractivity contribution in [1.82, 2.24) is 0 Å². The summed E-state index contributed by atoms with van der Waals surface area (Å²) in [6, 6.07) is 20.8. The largest absolute Gasteiger partial charge is 0.452 e. The van der Waals surface area contributed by atoms with E-state index >= 15 is 0 Å². The fraction of sp³-hybridized carbons (Fsp3) is 0.160. The Kier molecular flexibility index (Phi) is 6.34. The maximum atomic E-state index is 13.4. The van der Waals surface area contributed by atoms with Crippen LogP contribution in [0.15, 0.2) is 77.7 Å². The SMILES string of the molecule is C[C@@H]1Cc2ccccc2N1S(=O)(=O)c1cccc(C(=O)OCC(=O)Nc2ccc(C#N)cc2)c1. The van der Waals surface area contributed by atoms with Crippen molar-refractivity contribution in [3.05, 3.63) is 89.5 Å². The number of sulfonamides is 1. The highest BCUT2D eigenvalue weighted by molar-refractivity contribution is 7.92. The van der Waals surface area contributed by atoms with Crippen molar-refractivity contribution in [3.63, 3.8) is 0 Å². The molecule has 9 heteroatoms. The number of hydrogen-bond donors (Lipinski definition) is 1. The molecular weight excluding hydrogens is 454 g/mol. The van der Waals surface area contributed by atoms with Gasteiger partial charge in [0.2, 0.25) is 0 Å². The molecule has 0 bridgehead atoms. The number of rotatable bonds is 6. The first kappa shape index (κ1) is 23.0. The molecule has 0 radical (unpaired) electrons. The van der Waals surface area contributed by atoms with E-state index in [1.165, 1.54) is 28.6 Å². The normalized spacial score (nSPS) is 14.7. The van der Waals surface area contributed by atoms with Crippen LogP contribution in [0.4, 0.5) is 11.4 Å². The van der Waals surface area contributed by atoms with Crippen LogP contribution in [0.25, 0.3) is 0 Å². The van der Waals surface area contributed by atoms with Gasteiger partial charge in [0.1, 0.15) is 0 Å². The quantitative estimate of drug-likeness (QED) is 0.546. The van der Waals surface area contributed by atoms with Gasteiger partial charge in [0, 0.05) is 11.7 Å². The lowest BCUT2D eigenvalue weighted by Gasteiger charge is -2.24. The summed E-state index contributed by atoms with van der Waals surface area (Å²) < 4.78 is 33.2. The Morgan fingerprint density at radius 2 is 1.82 bits per heavy atom. The molecule has 1 aliphatic rings. The summed E-state index contributed by atoms with van der Waals surface area (Å²) >= 11 is 0. The number of nitriles is 1. The number of ether oxygens (including phenoxy) is 1. The van der Waals surface area contributed by atoms with E-state index in [9.17, 15) is 18.0 Å². The average Bonchev–Trinajstić information content (AvgIpc) is 3.19. The van der Waals surface area contributed by atoms with Crippen molar-refractivity contribution >= 4 is 33.3 Å². The number of fused-ring (bicyclic) bond motifs is 1. The Morgan fingerprint density at radius 3 is 2.56 bits per heavy atom. The number of anilines is 2. The number of carbonyl (C=O) groups excluding carboxylic acids is 2. The van der Waals surface area contributed by atoms with E-state index in [0.717, 1.165) is 5.56 Å². The molecule has 1 amide bonds. The standard InChI is InChI=1S/C25H21N3O5S/c1-17-13-19-5-2-3-8-23(19)28(17)34(31,32)22-7-4-6-20(14-22)25(30)33-16-24(29)27-21-11-9-18(15-26)10-12-21/h2-12,14,17H,13,16H2,1H3,(H,27,29)/t17-/m1/s1. The van der Waals surface area contributed by atoms with Gasteiger partial charge in [-0.15, -0.1) is 0 Å². The molecule has 0 fully saturated rings. The zero-order valence-corrected chi connectivity index (χ0v) is 19.1. The number of para-hydroxylation sites is 1. The first-order valence-electron chi connectivity index (χ1n) is 10.5. The number of esters is 1. The lowest BCUT2D eigenvalue weighted by molar-refractivity contribution is -0.119. The Morgan fingerprint density at radius 1 is 1.09 bits per heavy atom. The van der Waals surface area contributed by atoms with Crippen LogP contribution < -0.4 is 9.62 Å². The number of amides is 1.